The zero-order valence-electron chi connectivity index (χ0n) is 11.8. The predicted octanol–water partition coefficient (Wildman–Crippen LogP) is 2.91. The highest BCUT2D eigenvalue weighted by molar-refractivity contribution is 7.80. The Labute approximate surface area is 111 Å². The smallest absolute Gasteiger partial charge is 0.0784 e. The largest absolute Gasteiger partial charge is 0.393 e. The molecule has 0 aromatic heterocycles. The van der Waals surface area contributed by atoms with Gasteiger partial charge in [-0.1, -0.05) is 26.1 Å². The van der Waals surface area contributed by atoms with Crippen molar-refractivity contribution in [3.05, 3.63) is 0 Å². The third-order valence-electron chi connectivity index (χ3n) is 3.16. The number of thiocarbonyl (C=S) groups is 1. The molecule has 102 valence electrons. The van der Waals surface area contributed by atoms with Gasteiger partial charge in [0.25, 0.3) is 0 Å². The summed E-state index contributed by atoms with van der Waals surface area (Å²) in [5.41, 5.74) is 5.50. The number of hydrogen-bond acceptors (Lipinski definition) is 3. The average Bonchev–Trinajstić information content (AvgIpc) is 2.23. The molecule has 0 saturated carbocycles. The maximum Gasteiger partial charge on any atom is 0.0784 e. The van der Waals surface area contributed by atoms with Gasteiger partial charge in [0.1, 0.15) is 0 Å². The number of methoxy groups -OCH3 is 1. The Morgan fingerprint density at radius 2 is 1.71 bits per heavy atom. The summed E-state index contributed by atoms with van der Waals surface area (Å²) in [6.07, 6.45) is 2.86. The molecule has 0 aliphatic heterocycles. The molecule has 3 nitrogen and oxygen atoms in total. The third kappa shape index (κ3) is 7.68. The van der Waals surface area contributed by atoms with Crippen LogP contribution in [0, 0.1) is 5.41 Å². The summed E-state index contributed by atoms with van der Waals surface area (Å²) >= 11 is 5.02. The summed E-state index contributed by atoms with van der Waals surface area (Å²) in [5, 5.41) is 0. The lowest BCUT2D eigenvalue weighted by Gasteiger charge is -2.24. The molecule has 0 rings (SSSR count). The van der Waals surface area contributed by atoms with E-state index in [0.29, 0.717) is 4.99 Å². The van der Waals surface area contributed by atoms with Crippen LogP contribution in [0.15, 0.2) is 0 Å². The van der Waals surface area contributed by atoms with Crippen LogP contribution in [0.2, 0.25) is 0 Å². The van der Waals surface area contributed by atoms with E-state index < -0.39 is 0 Å². The van der Waals surface area contributed by atoms with Crippen molar-refractivity contribution in [2.45, 2.75) is 52.6 Å². The van der Waals surface area contributed by atoms with Crippen molar-refractivity contribution in [1.82, 2.24) is 0 Å². The van der Waals surface area contributed by atoms with Crippen LogP contribution in [0.5, 0.6) is 0 Å². The van der Waals surface area contributed by atoms with Crippen molar-refractivity contribution < 1.29 is 9.47 Å². The molecule has 0 aliphatic carbocycles. The highest BCUT2D eigenvalue weighted by Gasteiger charge is 2.20. The predicted molar refractivity (Wildman–Crippen MR) is 76.3 cm³/mol. The lowest BCUT2D eigenvalue weighted by molar-refractivity contribution is -0.0105. The van der Waals surface area contributed by atoms with E-state index in [4.69, 9.17) is 27.4 Å². The summed E-state index contributed by atoms with van der Waals surface area (Å²) in [6.45, 7) is 9.76. The maximum absolute atomic E-state index is 5.66. The van der Waals surface area contributed by atoms with E-state index >= 15 is 0 Å². The minimum absolute atomic E-state index is 0.0650. The molecule has 0 aromatic rings. The fraction of sp³-hybridized carbons (Fsp3) is 0.923. The fourth-order valence-electron chi connectivity index (χ4n) is 1.26. The normalized spacial score (nSPS) is 12.8. The van der Waals surface area contributed by atoms with E-state index in [0.717, 1.165) is 32.5 Å². The van der Waals surface area contributed by atoms with Gasteiger partial charge in [0, 0.05) is 25.7 Å². The molecule has 0 saturated heterocycles. The van der Waals surface area contributed by atoms with Gasteiger partial charge in [-0.3, -0.25) is 0 Å². The summed E-state index contributed by atoms with van der Waals surface area (Å²) in [6, 6.07) is 0. The van der Waals surface area contributed by atoms with Crippen LogP contribution in [0.3, 0.4) is 0 Å². The molecule has 2 N–H and O–H groups in total. The third-order valence-corrected chi connectivity index (χ3v) is 3.71. The zero-order chi connectivity index (χ0) is 13.5. The van der Waals surface area contributed by atoms with E-state index in [1.165, 1.54) is 0 Å². The standard InChI is InChI=1S/C13H27NO2S/c1-12(2,11(14)17)7-6-9-16-10-8-13(3,4)15-5/h6-10H2,1-5H3,(H2,14,17). The van der Waals surface area contributed by atoms with Crippen LogP contribution in [0.1, 0.15) is 47.0 Å². The van der Waals surface area contributed by atoms with Crippen molar-refractivity contribution in [2.75, 3.05) is 20.3 Å². The SMILES string of the molecule is COC(C)(C)CCOCCCC(C)(C)C(N)=S. The molecule has 0 bridgehead atoms. The molecule has 0 atom stereocenters. The first kappa shape index (κ1) is 16.8. The number of hydrogen-bond donors (Lipinski definition) is 1. The second-order valence-corrected chi connectivity index (χ2v) is 6.12. The Balaban J connectivity index is 3.57. The number of nitrogens with two attached hydrogens (primary N) is 1. The first-order valence-electron chi connectivity index (χ1n) is 6.14. The van der Waals surface area contributed by atoms with Gasteiger partial charge in [-0.05, 0) is 33.1 Å². The van der Waals surface area contributed by atoms with Gasteiger partial charge < -0.3 is 15.2 Å². The molecule has 0 amide bonds. The van der Waals surface area contributed by atoms with Crippen LogP contribution in [0.4, 0.5) is 0 Å². The van der Waals surface area contributed by atoms with Gasteiger partial charge in [-0.2, -0.15) is 0 Å². The number of rotatable bonds is 9. The summed E-state index contributed by atoms with van der Waals surface area (Å²) in [5.74, 6) is 0. The summed E-state index contributed by atoms with van der Waals surface area (Å²) < 4.78 is 10.9. The minimum atomic E-state index is -0.0991. The Kier molecular flexibility index (Phi) is 7.21. The molecular weight excluding hydrogens is 234 g/mol. The van der Waals surface area contributed by atoms with Crippen LogP contribution in [-0.4, -0.2) is 30.9 Å². The molecule has 0 spiro atoms. The quantitative estimate of drug-likeness (QED) is 0.512. The van der Waals surface area contributed by atoms with Gasteiger partial charge in [-0.25, -0.2) is 0 Å². The average molecular weight is 261 g/mol. The topological polar surface area (TPSA) is 44.5 Å². The Hall–Kier alpha value is -0.190. The Bertz CT molecular complexity index is 240. The fourth-order valence-corrected chi connectivity index (χ4v) is 1.36. The Morgan fingerprint density at radius 3 is 2.18 bits per heavy atom. The van der Waals surface area contributed by atoms with Crippen LogP contribution >= 0.6 is 12.2 Å². The minimum Gasteiger partial charge on any atom is -0.393 e. The highest BCUT2D eigenvalue weighted by Crippen LogP contribution is 2.22. The van der Waals surface area contributed by atoms with E-state index in [2.05, 4.69) is 27.7 Å². The second-order valence-electron chi connectivity index (χ2n) is 5.68. The maximum atomic E-state index is 5.66. The van der Waals surface area contributed by atoms with Crippen LogP contribution in [-0.2, 0) is 9.47 Å². The second kappa shape index (κ2) is 7.29. The highest BCUT2D eigenvalue weighted by atomic mass is 32.1. The van der Waals surface area contributed by atoms with Gasteiger partial charge in [-0.15, -0.1) is 0 Å². The molecule has 0 unspecified atom stereocenters. The Morgan fingerprint density at radius 1 is 1.12 bits per heavy atom. The van der Waals surface area contributed by atoms with Crippen LogP contribution < -0.4 is 5.73 Å². The van der Waals surface area contributed by atoms with Crippen molar-refractivity contribution in [2.24, 2.45) is 11.1 Å². The molecule has 0 fully saturated rings. The molecule has 0 heterocycles. The van der Waals surface area contributed by atoms with Gasteiger partial charge in [0.15, 0.2) is 0 Å². The molecule has 4 heteroatoms. The molecule has 17 heavy (non-hydrogen) atoms. The summed E-state index contributed by atoms with van der Waals surface area (Å²) in [7, 11) is 1.73. The van der Waals surface area contributed by atoms with E-state index in [1.54, 1.807) is 7.11 Å². The van der Waals surface area contributed by atoms with Gasteiger partial charge >= 0.3 is 0 Å². The van der Waals surface area contributed by atoms with Crippen molar-refractivity contribution >= 4 is 17.2 Å². The lowest BCUT2D eigenvalue weighted by Crippen LogP contribution is -2.30. The van der Waals surface area contributed by atoms with Crippen molar-refractivity contribution in [3.8, 4) is 0 Å². The van der Waals surface area contributed by atoms with E-state index in [-0.39, 0.29) is 11.0 Å². The van der Waals surface area contributed by atoms with E-state index in [1.807, 2.05) is 0 Å². The zero-order valence-corrected chi connectivity index (χ0v) is 12.7. The monoisotopic (exact) mass is 261 g/mol. The molecular formula is C13H27NO2S. The molecule has 0 radical (unpaired) electrons. The molecule has 0 aromatic carbocycles. The lowest BCUT2D eigenvalue weighted by atomic mass is 9.88. The number of ether oxygens (including phenoxy) is 2. The van der Waals surface area contributed by atoms with Crippen molar-refractivity contribution in [1.29, 1.82) is 0 Å². The first-order valence-corrected chi connectivity index (χ1v) is 6.55. The van der Waals surface area contributed by atoms with Gasteiger partial charge in [0.05, 0.1) is 10.6 Å². The molecule has 0 aliphatic rings. The van der Waals surface area contributed by atoms with Gasteiger partial charge in [0.2, 0.25) is 0 Å². The van der Waals surface area contributed by atoms with E-state index in [9.17, 15) is 0 Å². The van der Waals surface area contributed by atoms with Crippen molar-refractivity contribution in [3.63, 3.8) is 0 Å². The first-order chi connectivity index (χ1) is 7.71. The summed E-state index contributed by atoms with van der Waals surface area (Å²) in [4.78, 5) is 0.581. The van der Waals surface area contributed by atoms with Crippen LogP contribution in [0.25, 0.3) is 0 Å².